The summed E-state index contributed by atoms with van der Waals surface area (Å²) in [5.41, 5.74) is 1.79. The molecular formula is C7H7F6N2O4PtS-. The average Bonchev–Trinajstić information content (AvgIpc) is 2.72. The van der Waals surface area contributed by atoms with Crippen molar-refractivity contribution in [3.63, 3.8) is 0 Å². The number of halogens is 6. The third kappa shape index (κ3) is 21.3. The summed E-state index contributed by atoms with van der Waals surface area (Å²) in [7, 11) is 0. The van der Waals surface area contributed by atoms with Gasteiger partial charge in [-0.1, -0.05) is 0 Å². The van der Waals surface area contributed by atoms with Crippen molar-refractivity contribution in [3.05, 3.63) is 23.2 Å². The number of carbonyl (C=O) groups is 2. The first-order valence-electron chi connectivity index (χ1n) is 3.81. The quantitative estimate of drug-likeness (QED) is 0.506. The van der Waals surface area contributed by atoms with Crippen molar-refractivity contribution >= 4 is 23.3 Å². The van der Waals surface area contributed by atoms with Gasteiger partial charge in [-0.15, -0.1) is 11.3 Å². The topological polar surface area (TPSA) is 121 Å². The van der Waals surface area contributed by atoms with Crippen LogP contribution >= 0.6 is 11.3 Å². The molecule has 0 fully saturated rings. The molecule has 0 aliphatic carbocycles. The molecule has 0 amide bonds. The van der Waals surface area contributed by atoms with Crippen LogP contribution in [0.3, 0.4) is 0 Å². The molecule has 0 saturated carbocycles. The largest absolute Gasteiger partial charge is 0.693 e. The molecule has 0 atom stereocenters. The maximum atomic E-state index is 10.6. The van der Waals surface area contributed by atoms with Crippen LogP contribution in [0.1, 0.15) is 0 Å². The molecule has 1 aromatic heterocycles. The molecule has 0 saturated heterocycles. The molecule has 0 unspecified atom stereocenters. The number of carboxylic acids is 2. The van der Waals surface area contributed by atoms with E-state index < -0.39 is 24.3 Å². The molecule has 1 aromatic rings. The van der Waals surface area contributed by atoms with Crippen molar-refractivity contribution in [1.29, 1.82) is 0 Å². The van der Waals surface area contributed by atoms with Gasteiger partial charge in [0.25, 0.3) is 0 Å². The van der Waals surface area contributed by atoms with Crippen LogP contribution in [0, 0.1) is 0 Å². The van der Waals surface area contributed by atoms with Crippen LogP contribution in [-0.2, 0) is 30.7 Å². The zero-order valence-corrected chi connectivity index (χ0v) is 12.5. The molecule has 6 nitrogen and oxygen atoms in total. The third-order valence-electron chi connectivity index (χ3n) is 0.832. The fraction of sp³-hybridized carbons (Fsp3) is 0.286. The van der Waals surface area contributed by atoms with Crippen molar-refractivity contribution in [2.75, 3.05) is 0 Å². The molecule has 4 N–H and O–H groups in total. The van der Waals surface area contributed by atoms with Crippen LogP contribution in [0.2, 0.25) is 0 Å². The second-order valence-electron chi connectivity index (χ2n) is 2.28. The number of nitrogens with two attached hydrogens (primary N) is 1. The second-order valence-corrected chi connectivity index (χ2v) is 3.04. The van der Waals surface area contributed by atoms with Crippen LogP contribution < -0.4 is 0 Å². The summed E-state index contributed by atoms with van der Waals surface area (Å²) < 4.78 is 63.5. The van der Waals surface area contributed by atoms with Gasteiger partial charge in [0.15, 0.2) is 0 Å². The van der Waals surface area contributed by atoms with Crippen molar-refractivity contribution in [1.82, 2.24) is 4.98 Å². The first kappa shape index (κ1) is 28.0. The average molecular weight is 524 g/mol. The van der Waals surface area contributed by atoms with Gasteiger partial charge in [-0.2, -0.15) is 26.3 Å². The van der Waals surface area contributed by atoms with E-state index in [1.807, 2.05) is 5.38 Å². The maximum absolute atomic E-state index is 10.6. The van der Waals surface area contributed by atoms with E-state index in [0.717, 1.165) is 0 Å². The minimum Gasteiger partial charge on any atom is -0.693 e. The predicted molar refractivity (Wildman–Crippen MR) is 54.8 cm³/mol. The monoisotopic (exact) mass is 524 g/mol. The van der Waals surface area contributed by atoms with Crippen LogP contribution in [0.4, 0.5) is 26.3 Å². The van der Waals surface area contributed by atoms with Crippen molar-refractivity contribution in [2.24, 2.45) is 0 Å². The van der Waals surface area contributed by atoms with Crippen LogP contribution in [0.25, 0.3) is 6.15 Å². The van der Waals surface area contributed by atoms with Crippen LogP contribution in [-0.4, -0.2) is 39.5 Å². The summed E-state index contributed by atoms with van der Waals surface area (Å²) >= 11 is 1.60. The van der Waals surface area contributed by atoms with E-state index in [1.165, 1.54) is 0 Å². The molecule has 0 radical (unpaired) electrons. The Hall–Kier alpha value is -1.20. The number of hydrogen-bond acceptors (Lipinski definition) is 4. The fourth-order valence-corrected chi connectivity index (χ4v) is 0.527. The summed E-state index contributed by atoms with van der Waals surface area (Å²) in [6, 6.07) is 0. The normalized spacial score (nSPS) is 9.43. The number of hydrogen-bond donors (Lipinski definition) is 2. The molecule has 128 valence electrons. The van der Waals surface area contributed by atoms with Crippen molar-refractivity contribution in [3.8, 4) is 0 Å². The molecule has 1 heterocycles. The van der Waals surface area contributed by atoms with Gasteiger partial charge in [0, 0.05) is 32.6 Å². The van der Waals surface area contributed by atoms with E-state index >= 15 is 0 Å². The first-order valence-corrected chi connectivity index (χ1v) is 4.75. The second kappa shape index (κ2) is 12.5. The van der Waals surface area contributed by atoms with Gasteiger partial charge in [-0.05, 0) is 0 Å². The minimum atomic E-state index is -5.08. The van der Waals surface area contributed by atoms with Crippen LogP contribution in [0.5, 0.6) is 0 Å². The SMILES string of the molecule is O=C(O)C(F)(F)F.O=C(O)C(F)(F)F.[NH2-].[Pt].c1cscn1. The molecule has 0 aliphatic heterocycles. The zero-order valence-electron chi connectivity index (χ0n) is 9.46. The zero-order chi connectivity index (χ0) is 15.7. The first-order chi connectivity index (χ1) is 8.39. The van der Waals surface area contributed by atoms with Crippen LogP contribution in [0.15, 0.2) is 17.1 Å². The summed E-state index contributed by atoms with van der Waals surface area (Å²) in [5, 5.41) is 16.2. The van der Waals surface area contributed by atoms with Gasteiger partial charge in [0.05, 0.1) is 5.51 Å². The molecule has 1 rings (SSSR count). The Bertz CT molecular complexity index is 342. The number of rotatable bonds is 0. The molecule has 0 aromatic carbocycles. The number of thiazole rings is 1. The maximum Gasteiger partial charge on any atom is 0.490 e. The molecular weight excluding hydrogens is 517 g/mol. The Labute approximate surface area is 131 Å². The number of aromatic nitrogens is 1. The summed E-state index contributed by atoms with van der Waals surface area (Å²) in [5.74, 6) is -5.51. The van der Waals surface area contributed by atoms with Gasteiger partial charge in [0.2, 0.25) is 0 Å². The van der Waals surface area contributed by atoms with Gasteiger partial charge in [-0.3, -0.25) is 4.98 Å². The Morgan fingerprint density at radius 1 is 0.952 bits per heavy atom. The van der Waals surface area contributed by atoms with Gasteiger partial charge < -0.3 is 16.4 Å². The Balaban J connectivity index is -0.0000000994. The van der Waals surface area contributed by atoms with Crippen molar-refractivity contribution in [2.45, 2.75) is 12.4 Å². The van der Waals surface area contributed by atoms with E-state index in [9.17, 15) is 26.3 Å². The van der Waals surface area contributed by atoms with E-state index in [-0.39, 0.29) is 27.2 Å². The van der Waals surface area contributed by atoms with Gasteiger partial charge in [0.1, 0.15) is 0 Å². The van der Waals surface area contributed by atoms with E-state index in [4.69, 9.17) is 19.8 Å². The smallest absolute Gasteiger partial charge is 0.490 e. The molecule has 0 bridgehead atoms. The van der Waals surface area contributed by atoms with Crippen molar-refractivity contribution < 1.29 is 67.2 Å². The Morgan fingerprint density at radius 3 is 1.29 bits per heavy atom. The number of nitrogens with zero attached hydrogens (tertiary/aromatic N) is 1. The molecule has 14 heteroatoms. The number of aliphatic carboxylic acids is 2. The van der Waals surface area contributed by atoms with E-state index in [2.05, 4.69) is 4.98 Å². The summed E-state index contributed by atoms with van der Waals surface area (Å²) in [4.78, 5) is 21.5. The third-order valence-corrected chi connectivity index (χ3v) is 1.35. The van der Waals surface area contributed by atoms with E-state index in [0.29, 0.717) is 0 Å². The molecule has 21 heavy (non-hydrogen) atoms. The Kier molecular flexibility index (Phi) is 16.7. The Morgan fingerprint density at radius 2 is 1.24 bits per heavy atom. The predicted octanol–water partition coefficient (Wildman–Crippen LogP) is 3.12. The minimum absolute atomic E-state index is 0. The summed E-state index contributed by atoms with van der Waals surface area (Å²) in [6.45, 7) is 0. The molecule has 0 aliphatic rings. The van der Waals surface area contributed by atoms with E-state index in [1.54, 1.807) is 23.0 Å². The fourth-order valence-electron chi connectivity index (χ4n) is 0.176. The van der Waals surface area contributed by atoms with Gasteiger partial charge in [-0.25, -0.2) is 9.59 Å². The summed E-state index contributed by atoms with van der Waals surface area (Å²) in [6.07, 6.45) is -8.40. The number of carboxylic acid groups (broad SMARTS) is 2. The number of alkyl halides is 6. The molecule has 0 spiro atoms. The van der Waals surface area contributed by atoms with Gasteiger partial charge >= 0.3 is 24.3 Å². The standard InChI is InChI=1S/C3H3NS.2C2HF3O2.H2N.Pt/c1-2-5-3-4-1;2*3-2(4,5)1(6)7;;/h1-3H;2*(H,6,7);1H2;/q;;;-1;.